The second-order valence-corrected chi connectivity index (χ2v) is 6.17. The maximum atomic E-state index is 13.0. The minimum Gasteiger partial charge on any atom is -0.365 e. The molecule has 0 radical (unpaired) electrons. The summed E-state index contributed by atoms with van der Waals surface area (Å²) < 4.78 is 38.9. The second kappa shape index (κ2) is 7.79. The summed E-state index contributed by atoms with van der Waals surface area (Å²) in [7, 11) is 0. The van der Waals surface area contributed by atoms with Gasteiger partial charge in [0, 0.05) is 12.2 Å². The highest BCUT2D eigenvalue weighted by molar-refractivity contribution is 6.31. The summed E-state index contributed by atoms with van der Waals surface area (Å²) >= 11 is 5.62. The van der Waals surface area contributed by atoms with Crippen LogP contribution in [0.1, 0.15) is 16.7 Å². The fourth-order valence-electron chi connectivity index (χ4n) is 2.39. The van der Waals surface area contributed by atoms with Crippen LogP contribution in [-0.4, -0.2) is 15.2 Å². The first-order chi connectivity index (χ1) is 12.8. The molecule has 27 heavy (non-hydrogen) atoms. The molecule has 0 aliphatic carbocycles. The molecule has 5 nitrogen and oxygen atoms in total. The van der Waals surface area contributed by atoms with Crippen LogP contribution in [0.25, 0.3) is 0 Å². The highest BCUT2D eigenvalue weighted by atomic mass is 35.5. The summed E-state index contributed by atoms with van der Waals surface area (Å²) in [4.78, 5) is 4.22. The number of benzene rings is 2. The average molecular weight is 394 g/mol. The molecule has 0 atom stereocenters. The van der Waals surface area contributed by atoms with Gasteiger partial charge in [-0.3, -0.25) is 0 Å². The number of aromatic nitrogens is 3. The fourth-order valence-corrected chi connectivity index (χ4v) is 2.61. The van der Waals surface area contributed by atoms with Gasteiger partial charge in [-0.1, -0.05) is 35.9 Å². The minimum absolute atomic E-state index is 0.0697. The van der Waals surface area contributed by atoms with Crippen molar-refractivity contribution in [3.8, 4) is 0 Å². The third kappa shape index (κ3) is 4.85. The molecule has 2 aromatic carbocycles. The maximum absolute atomic E-state index is 13.0. The Morgan fingerprint density at radius 2 is 1.89 bits per heavy atom. The highest BCUT2D eigenvalue weighted by Crippen LogP contribution is 2.36. The molecule has 3 rings (SSSR count). The fraction of sp³-hybridized carbons (Fsp3) is 0.167. The maximum Gasteiger partial charge on any atom is 0.417 e. The summed E-state index contributed by atoms with van der Waals surface area (Å²) in [5, 5.41) is 13.1. The van der Waals surface area contributed by atoms with Crippen LogP contribution in [0.4, 0.5) is 30.6 Å². The Morgan fingerprint density at radius 3 is 2.63 bits per heavy atom. The van der Waals surface area contributed by atoms with Crippen molar-refractivity contribution in [2.24, 2.45) is 0 Å². The van der Waals surface area contributed by atoms with Gasteiger partial charge in [-0.25, -0.2) is 0 Å². The van der Waals surface area contributed by atoms with E-state index in [1.807, 2.05) is 31.2 Å². The Morgan fingerprint density at radius 1 is 1.11 bits per heavy atom. The molecule has 0 unspecified atom stereocenters. The summed E-state index contributed by atoms with van der Waals surface area (Å²) in [6, 6.07) is 11.4. The van der Waals surface area contributed by atoms with E-state index in [9.17, 15) is 13.2 Å². The monoisotopic (exact) mass is 393 g/mol. The summed E-state index contributed by atoms with van der Waals surface area (Å²) in [5.41, 5.74) is 1.45. The van der Waals surface area contributed by atoms with Crippen molar-refractivity contribution in [3.63, 3.8) is 0 Å². The Labute approximate surface area is 158 Å². The van der Waals surface area contributed by atoms with E-state index < -0.39 is 11.7 Å². The quantitative estimate of drug-likeness (QED) is 0.623. The molecule has 1 aromatic heterocycles. The molecule has 0 bridgehead atoms. The first-order valence-corrected chi connectivity index (χ1v) is 8.32. The average Bonchev–Trinajstić information content (AvgIpc) is 2.62. The number of aryl methyl sites for hydroxylation is 1. The van der Waals surface area contributed by atoms with E-state index >= 15 is 0 Å². The van der Waals surface area contributed by atoms with E-state index in [4.69, 9.17) is 11.6 Å². The largest absolute Gasteiger partial charge is 0.417 e. The zero-order valence-electron chi connectivity index (χ0n) is 14.2. The minimum atomic E-state index is -4.55. The molecule has 140 valence electrons. The van der Waals surface area contributed by atoms with Crippen LogP contribution < -0.4 is 10.6 Å². The first-order valence-electron chi connectivity index (χ1n) is 7.95. The smallest absolute Gasteiger partial charge is 0.365 e. The lowest BCUT2D eigenvalue weighted by atomic mass is 10.1. The SMILES string of the molecule is Cc1ccccc1CNc1cnnc(Nc2ccc(Cl)c(C(F)(F)F)c2)n1. The predicted octanol–water partition coefficient (Wildman–Crippen LogP) is 5.21. The summed E-state index contributed by atoms with van der Waals surface area (Å²) in [6.45, 7) is 2.53. The van der Waals surface area contributed by atoms with Crippen LogP contribution in [0.5, 0.6) is 0 Å². The van der Waals surface area contributed by atoms with Crippen molar-refractivity contribution in [3.05, 3.63) is 70.4 Å². The Hall–Kier alpha value is -2.87. The summed E-state index contributed by atoms with van der Waals surface area (Å²) in [6.07, 6.45) is -3.11. The van der Waals surface area contributed by atoms with Gasteiger partial charge < -0.3 is 10.6 Å². The standard InChI is InChI=1S/C18H15ClF3N5/c1-11-4-2-3-5-12(11)9-23-16-10-24-27-17(26-16)25-13-6-7-15(19)14(8-13)18(20,21)22/h2-8,10H,9H2,1H3,(H2,23,25,26,27). The second-order valence-electron chi connectivity index (χ2n) is 5.76. The van der Waals surface area contributed by atoms with Crippen molar-refractivity contribution >= 4 is 29.1 Å². The molecule has 0 fully saturated rings. The Balaban J connectivity index is 1.74. The van der Waals surface area contributed by atoms with Gasteiger partial charge in [-0.2, -0.15) is 23.3 Å². The van der Waals surface area contributed by atoms with Crippen molar-refractivity contribution in [2.45, 2.75) is 19.6 Å². The third-order valence-electron chi connectivity index (χ3n) is 3.81. The zero-order valence-corrected chi connectivity index (χ0v) is 14.9. The van der Waals surface area contributed by atoms with Gasteiger partial charge in [0.1, 0.15) is 0 Å². The Kier molecular flexibility index (Phi) is 5.46. The van der Waals surface area contributed by atoms with Crippen LogP contribution >= 0.6 is 11.6 Å². The van der Waals surface area contributed by atoms with E-state index in [0.717, 1.165) is 17.2 Å². The van der Waals surface area contributed by atoms with Crippen molar-refractivity contribution in [1.29, 1.82) is 0 Å². The predicted molar refractivity (Wildman–Crippen MR) is 98.1 cm³/mol. The number of anilines is 3. The normalized spacial score (nSPS) is 11.3. The molecule has 2 N–H and O–H groups in total. The van der Waals surface area contributed by atoms with Gasteiger partial charge in [0.25, 0.3) is 0 Å². The number of nitrogens with zero attached hydrogens (tertiary/aromatic N) is 3. The molecule has 0 saturated heterocycles. The van der Waals surface area contributed by atoms with Gasteiger partial charge in [0.05, 0.1) is 16.8 Å². The molecule has 1 heterocycles. The van der Waals surface area contributed by atoms with Crippen molar-refractivity contribution in [1.82, 2.24) is 15.2 Å². The van der Waals surface area contributed by atoms with Crippen molar-refractivity contribution in [2.75, 3.05) is 10.6 Å². The molecular weight excluding hydrogens is 379 g/mol. The van der Waals surface area contributed by atoms with Crippen LogP contribution in [-0.2, 0) is 12.7 Å². The lowest BCUT2D eigenvalue weighted by Crippen LogP contribution is -2.08. The van der Waals surface area contributed by atoms with Gasteiger partial charge >= 0.3 is 6.18 Å². The lowest BCUT2D eigenvalue weighted by Gasteiger charge is -2.12. The molecule has 0 amide bonds. The van der Waals surface area contributed by atoms with Crippen LogP contribution in [0.15, 0.2) is 48.7 Å². The van der Waals surface area contributed by atoms with E-state index in [2.05, 4.69) is 25.8 Å². The number of hydrogen-bond acceptors (Lipinski definition) is 5. The van der Waals surface area contributed by atoms with Crippen LogP contribution in [0.3, 0.4) is 0 Å². The topological polar surface area (TPSA) is 62.7 Å². The van der Waals surface area contributed by atoms with E-state index in [1.165, 1.54) is 18.3 Å². The number of hydrogen-bond donors (Lipinski definition) is 2. The molecule has 0 saturated carbocycles. The number of rotatable bonds is 5. The molecule has 9 heteroatoms. The van der Waals surface area contributed by atoms with Gasteiger partial charge in [-0.05, 0) is 36.2 Å². The first kappa shape index (κ1) is 18.9. The number of nitrogens with one attached hydrogen (secondary N) is 2. The van der Waals surface area contributed by atoms with Crippen LogP contribution in [0.2, 0.25) is 5.02 Å². The van der Waals surface area contributed by atoms with E-state index in [1.54, 1.807) is 0 Å². The third-order valence-corrected chi connectivity index (χ3v) is 4.14. The van der Waals surface area contributed by atoms with Crippen LogP contribution in [0, 0.1) is 6.92 Å². The highest BCUT2D eigenvalue weighted by Gasteiger charge is 2.33. The number of halogens is 4. The lowest BCUT2D eigenvalue weighted by molar-refractivity contribution is -0.137. The summed E-state index contributed by atoms with van der Waals surface area (Å²) in [5.74, 6) is 0.515. The van der Waals surface area contributed by atoms with E-state index in [0.29, 0.717) is 12.4 Å². The van der Waals surface area contributed by atoms with Gasteiger partial charge in [0.2, 0.25) is 5.95 Å². The van der Waals surface area contributed by atoms with Gasteiger partial charge in [0.15, 0.2) is 5.82 Å². The van der Waals surface area contributed by atoms with Gasteiger partial charge in [-0.15, -0.1) is 5.10 Å². The molecule has 0 aliphatic rings. The Bertz CT molecular complexity index is 946. The molecular formula is C18H15ClF3N5. The van der Waals surface area contributed by atoms with E-state index in [-0.39, 0.29) is 16.7 Å². The van der Waals surface area contributed by atoms with Crippen molar-refractivity contribution < 1.29 is 13.2 Å². The molecule has 0 aliphatic heterocycles. The molecule has 0 spiro atoms. The zero-order chi connectivity index (χ0) is 19.4. The number of alkyl halides is 3. The molecule has 3 aromatic rings.